The van der Waals surface area contributed by atoms with Gasteiger partial charge in [0.15, 0.2) is 5.60 Å². The Bertz CT molecular complexity index is 605. The number of fused-ring (bicyclic) bond motifs is 5. The monoisotopic (exact) mass is 316 g/mol. The van der Waals surface area contributed by atoms with Gasteiger partial charge in [-0.2, -0.15) is 0 Å². The summed E-state index contributed by atoms with van der Waals surface area (Å²) in [5.41, 5.74) is 1.58. The molecule has 1 aromatic rings. The summed E-state index contributed by atoms with van der Waals surface area (Å²) in [4.78, 5) is 12.0. The van der Waals surface area contributed by atoms with E-state index in [1.54, 1.807) is 0 Å². The lowest BCUT2D eigenvalue weighted by atomic mass is 9.56. The van der Waals surface area contributed by atoms with Crippen LogP contribution in [0.5, 0.6) is 0 Å². The van der Waals surface area contributed by atoms with Gasteiger partial charge in [-0.3, -0.25) is 4.79 Å². The zero-order valence-corrected chi connectivity index (χ0v) is 13.7. The van der Waals surface area contributed by atoms with Crippen molar-refractivity contribution in [1.82, 2.24) is 0 Å². The number of carbonyl (C=O) groups excluding carboxylic acids is 1. The van der Waals surface area contributed by atoms with Gasteiger partial charge in [-0.15, -0.1) is 0 Å². The lowest BCUT2D eigenvalue weighted by Gasteiger charge is -2.60. The lowest BCUT2D eigenvalue weighted by molar-refractivity contribution is -0.366. The van der Waals surface area contributed by atoms with Gasteiger partial charge in [-0.05, 0) is 24.8 Å². The van der Waals surface area contributed by atoms with E-state index in [4.69, 9.17) is 14.2 Å². The van der Waals surface area contributed by atoms with E-state index in [2.05, 4.69) is 18.2 Å². The maximum Gasteiger partial charge on any atom is 0.303 e. The molecule has 2 fully saturated rings. The van der Waals surface area contributed by atoms with Crippen LogP contribution in [0.15, 0.2) is 24.3 Å². The third kappa shape index (κ3) is 2.08. The molecule has 0 bridgehead atoms. The predicted molar refractivity (Wildman–Crippen MR) is 85.0 cm³/mol. The second-order valence-corrected chi connectivity index (χ2v) is 6.87. The highest BCUT2D eigenvalue weighted by Crippen LogP contribution is 2.63. The van der Waals surface area contributed by atoms with E-state index in [0.717, 1.165) is 37.7 Å². The summed E-state index contributed by atoms with van der Waals surface area (Å²) in [7, 11) is 0. The maximum atomic E-state index is 12.0. The second-order valence-electron chi connectivity index (χ2n) is 6.87. The van der Waals surface area contributed by atoms with Gasteiger partial charge in [0.1, 0.15) is 0 Å². The fourth-order valence-corrected chi connectivity index (χ4v) is 4.73. The van der Waals surface area contributed by atoms with E-state index in [9.17, 15) is 4.79 Å². The van der Waals surface area contributed by atoms with Crippen molar-refractivity contribution in [2.24, 2.45) is 0 Å². The first-order valence-electron chi connectivity index (χ1n) is 8.76. The number of hydrogen-bond donors (Lipinski definition) is 0. The molecule has 3 aliphatic rings. The molecule has 0 N–H and O–H groups in total. The molecule has 1 spiro atoms. The highest BCUT2D eigenvalue weighted by molar-refractivity contribution is 5.69. The minimum atomic E-state index is -0.823. The van der Waals surface area contributed by atoms with E-state index in [1.807, 2.05) is 6.07 Å². The summed E-state index contributed by atoms with van der Waals surface area (Å²) in [6.07, 6.45) is 6.05. The molecule has 23 heavy (non-hydrogen) atoms. The molecular weight excluding hydrogens is 292 g/mol. The summed E-state index contributed by atoms with van der Waals surface area (Å²) < 4.78 is 18.5. The van der Waals surface area contributed by atoms with Crippen molar-refractivity contribution in [3.05, 3.63) is 35.4 Å². The summed E-state index contributed by atoms with van der Waals surface area (Å²) >= 11 is 0. The molecule has 2 aliphatic carbocycles. The Balaban J connectivity index is 1.88. The molecule has 0 radical (unpaired) electrons. The molecular formula is C19H24O4. The zero-order valence-electron chi connectivity index (χ0n) is 13.7. The molecule has 2 atom stereocenters. The van der Waals surface area contributed by atoms with Crippen molar-refractivity contribution in [3.8, 4) is 0 Å². The second kappa shape index (κ2) is 5.60. The third-order valence-corrected chi connectivity index (χ3v) is 5.56. The van der Waals surface area contributed by atoms with Crippen LogP contribution < -0.4 is 0 Å². The molecule has 0 unspecified atom stereocenters. The van der Waals surface area contributed by atoms with Crippen molar-refractivity contribution < 1.29 is 19.0 Å². The smallest absolute Gasteiger partial charge is 0.303 e. The highest BCUT2D eigenvalue weighted by atomic mass is 16.7. The Morgan fingerprint density at radius 1 is 1.13 bits per heavy atom. The first-order valence-corrected chi connectivity index (χ1v) is 8.76. The van der Waals surface area contributed by atoms with Crippen LogP contribution >= 0.6 is 0 Å². The summed E-state index contributed by atoms with van der Waals surface area (Å²) in [6, 6.07) is 8.29. The Morgan fingerprint density at radius 2 is 1.91 bits per heavy atom. The lowest BCUT2D eigenvalue weighted by Crippen LogP contribution is -2.66. The van der Waals surface area contributed by atoms with Gasteiger partial charge in [0.2, 0.25) is 5.79 Å². The van der Waals surface area contributed by atoms with Gasteiger partial charge < -0.3 is 14.2 Å². The van der Waals surface area contributed by atoms with Crippen molar-refractivity contribution in [2.45, 2.75) is 62.8 Å². The molecule has 0 amide bonds. The summed E-state index contributed by atoms with van der Waals surface area (Å²) in [5.74, 6) is -0.917. The largest absolute Gasteiger partial charge is 0.448 e. The first kappa shape index (κ1) is 15.2. The van der Waals surface area contributed by atoms with E-state index in [1.165, 1.54) is 18.9 Å². The maximum absolute atomic E-state index is 12.0. The van der Waals surface area contributed by atoms with Crippen LogP contribution in [0.25, 0.3) is 0 Å². The van der Waals surface area contributed by atoms with E-state index >= 15 is 0 Å². The number of esters is 1. The number of benzene rings is 1. The SMILES string of the molecule is CC(=O)O[C@@]12c3ccccc3[C@@H]1CCCCCC21OCCCO1. The highest BCUT2D eigenvalue weighted by Gasteiger charge is 2.68. The number of rotatable bonds is 1. The average molecular weight is 316 g/mol. The fourth-order valence-electron chi connectivity index (χ4n) is 4.73. The van der Waals surface area contributed by atoms with Gasteiger partial charge in [0, 0.05) is 24.8 Å². The molecule has 1 heterocycles. The van der Waals surface area contributed by atoms with Gasteiger partial charge in [-0.25, -0.2) is 0 Å². The predicted octanol–water partition coefficient (Wildman–Crippen LogP) is 3.64. The van der Waals surface area contributed by atoms with Crippen LogP contribution in [0.1, 0.15) is 62.5 Å². The van der Waals surface area contributed by atoms with Crippen LogP contribution in [0.3, 0.4) is 0 Å². The molecule has 0 aromatic heterocycles. The van der Waals surface area contributed by atoms with Crippen molar-refractivity contribution in [2.75, 3.05) is 13.2 Å². The summed E-state index contributed by atoms with van der Waals surface area (Å²) in [5, 5.41) is 0. The van der Waals surface area contributed by atoms with Crippen LogP contribution in [0, 0.1) is 0 Å². The molecule has 1 aromatic carbocycles. The summed E-state index contributed by atoms with van der Waals surface area (Å²) in [6.45, 7) is 2.82. The van der Waals surface area contributed by atoms with Crippen LogP contribution in [0.2, 0.25) is 0 Å². The quantitative estimate of drug-likeness (QED) is 0.742. The van der Waals surface area contributed by atoms with Gasteiger partial charge in [0.25, 0.3) is 0 Å². The van der Waals surface area contributed by atoms with Crippen molar-refractivity contribution >= 4 is 5.97 Å². The molecule has 4 heteroatoms. The number of hydrogen-bond acceptors (Lipinski definition) is 4. The van der Waals surface area contributed by atoms with E-state index in [-0.39, 0.29) is 11.9 Å². The molecule has 4 nitrogen and oxygen atoms in total. The standard InChI is InChI=1S/C19H24O4/c1-14(20)23-19-16(15-8-4-5-10-17(15)19)9-3-2-6-11-18(19)21-12-7-13-22-18/h4-5,8,10,16H,2-3,6-7,9,11-13H2,1H3/t16-,19+/m0/s1. The first-order chi connectivity index (χ1) is 11.2. The molecule has 4 rings (SSSR count). The molecule has 1 saturated carbocycles. The Kier molecular flexibility index (Phi) is 3.69. The minimum absolute atomic E-state index is 0.168. The molecule has 1 saturated heterocycles. The fraction of sp³-hybridized carbons (Fsp3) is 0.632. The van der Waals surface area contributed by atoms with Gasteiger partial charge in [-0.1, -0.05) is 37.1 Å². The van der Waals surface area contributed by atoms with Crippen molar-refractivity contribution in [1.29, 1.82) is 0 Å². The molecule has 1 aliphatic heterocycles. The van der Waals surface area contributed by atoms with Crippen LogP contribution in [-0.4, -0.2) is 25.0 Å². The Hall–Kier alpha value is -1.39. The van der Waals surface area contributed by atoms with E-state index < -0.39 is 11.4 Å². The third-order valence-electron chi connectivity index (χ3n) is 5.56. The molecule has 124 valence electrons. The number of carbonyl (C=O) groups is 1. The normalized spacial score (nSPS) is 32.0. The topological polar surface area (TPSA) is 44.8 Å². The zero-order chi connectivity index (χ0) is 15.9. The van der Waals surface area contributed by atoms with Crippen LogP contribution in [0.4, 0.5) is 0 Å². The van der Waals surface area contributed by atoms with Gasteiger partial charge >= 0.3 is 5.97 Å². The average Bonchev–Trinajstić information content (AvgIpc) is 2.55. The Morgan fingerprint density at radius 3 is 2.70 bits per heavy atom. The van der Waals surface area contributed by atoms with E-state index in [0.29, 0.717) is 13.2 Å². The van der Waals surface area contributed by atoms with Crippen LogP contribution in [-0.2, 0) is 24.6 Å². The minimum Gasteiger partial charge on any atom is -0.448 e. The Labute approximate surface area is 137 Å². The van der Waals surface area contributed by atoms with Crippen molar-refractivity contribution in [3.63, 3.8) is 0 Å². The number of ether oxygens (including phenoxy) is 3. The van der Waals surface area contributed by atoms with Gasteiger partial charge in [0.05, 0.1) is 13.2 Å².